The fourth-order valence-corrected chi connectivity index (χ4v) is 8.52. The predicted octanol–water partition coefficient (Wildman–Crippen LogP) is 4.14. The Kier molecular flexibility index (Phi) is 7.62. The summed E-state index contributed by atoms with van der Waals surface area (Å²) in [6.07, 6.45) is -0.685. The molecule has 3 aromatic rings. The van der Waals surface area contributed by atoms with Crippen LogP contribution < -0.4 is 10.4 Å². The molecule has 0 amide bonds. The van der Waals surface area contributed by atoms with Gasteiger partial charge in [-0.05, 0) is 21.0 Å². The van der Waals surface area contributed by atoms with E-state index >= 15 is 0 Å². The van der Waals surface area contributed by atoms with E-state index in [0.29, 0.717) is 6.61 Å². The van der Waals surface area contributed by atoms with Crippen LogP contribution in [0.5, 0.6) is 0 Å². The van der Waals surface area contributed by atoms with Gasteiger partial charge in [-0.25, -0.2) is 0 Å². The van der Waals surface area contributed by atoms with Gasteiger partial charge in [0, 0.05) is 0 Å². The Hall–Kier alpha value is -2.24. The molecule has 0 saturated carbocycles. The normalized spacial score (nSPS) is 13.2. The van der Waals surface area contributed by atoms with Gasteiger partial charge < -0.3 is 14.3 Å². The molecule has 1 N–H and O–H groups in total. The van der Waals surface area contributed by atoms with E-state index in [4.69, 9.17) is 9.16 Å². The maximum absolute atomic E-state index is 10.6. The van der Waals surface area contributed by atoms with Crippen molar-refractivity contribution in [2.45, 2.75) is 38.5 Å². The topological polar surface area (TPSA) is 38.7 Å². The Morgan fingerprint density at radius 1 is 0.733 bits per heavy atom. The maximum Gasteiger partial charge on any atom is 0.261 e. The number of hydrogen-bond donors (Lipinski definition) is 1. The molecule has 0 bridgehead atoms. The molecule has 0 aliphatic carbocycles. The first-order chi connectivity index (χ1) is 14.4. The minimum atomic E-state index is -2.63. The van der Waals surface area contributed by atoms with Crippen LogP contribution in [0.25, 0.3) is 0 Å². The minimum absolute atomic E-state index is 0.111. The monoisotopic (exact) mass is 420 g/mol. The van der Waals surface area contributed by atoms with Gasteiger partial charge in [-0.3, -0.25) is 0 Å². The highest BCUT2D eigenvalue weighted by Gasteiger charge is 2.50. The van der Waals surface area contributed by atoms with E-state index in [1.807, 2.05) is 42.5 Å². The highest BCUT2D eigenvalue weighted by atomic mass is 28.4. The highest BCUT2D eigenvalue weighted by molar-refractivity contribution is 6.99. The molecule has 0 aromatic heterocycles. The Bertz CT molecular complexity index is 837. The van der Waals surface area contributed by atoms with Crippen LogP contribution in [0, 0.1) is 0 Å². The summed E-state index contributed by atoms with van der Waals surface area (Å²) in [5.41, 5.74) is 1.10. The van der Waals surface area contributed by atoms with Crippen LogP contribution in [0.3, 0.4) is 0 Å². The lowest BCUT2D eigenvalue weighted by Crippen LogP contribution is -2.67. The molecular weight excluding hydrogens is 388 g/mol. The van der Waals surface area contributed by atoms with Gasteiger partial charge >= 0.3 is 0 Å². The zero-order chi connectivity index (χ0) is 21.5. The van der Waals surface area contributed by atoms with Crippen molar-refractivity contribution in [3.05, 3.63) is 96.6 Å². The maximum atomic E-state index is 10.6. The van der Waals surface area contributed by atoms with Gasteiger partial charge in [0.05, 0.1) is 25.9 Å². The van der Waals surface area contributed by atoms with Gasteiger partial charge in [0.1, 0.15) is 0 Å². The summed E-state index contributed by atoms with van der Waals surface area (Å²) < 4.78 is 12.5. The van der Waals surface area contributed by atoms with Crippen LogP contribution in [-0.4, -0.2) is 32.7 Å². The number of aliphatic hydroxyl groups is 1. The summed E-state index contributed by atoms with van der Waals surface area (Å²) in [4.78, 5) is 0. The van der Waals surface area contributed by atoms with E-state index in [2.05, 4.69) is 69.3 Å². The average Bonchev–Trinajstić information content (AvgIpc) is 2.75. The average molecular weight is 421 g/mol. The van der Waals surface area contributed by atoms with E-state index in [-0.39, 0.29) is 18.3 Å². The molecule has 0 fully saturated rings. The lowest BCUT2D eigenvalue weighted by Gasteiger charge is -2.43. The summed E-state index contributed by atoms with van der Waals surface area (Å²) >= 11 is 0. The Balaban J connectivity index is 1.77. The fourth-order valence-electron chi connectivity index (χ4n) is 3.92. The smallest absolute Gasteiger partial charge is 0.261 e. The van der Waals surface area contributed by atoms with Gasteiger partial charge in [-0.15, -0.1) is 0 Å². The molecule has 0 unspecified atom stereocenters. The molecular formula is C26H32O3Si. The molecule has 0 aliphatic heterocycles. The third-order valence-electron chi connectivity index (χ3n) is 5.33. The molecule has 4 heteroatoms. The van der Waals surface area contributed by atoms with Gasteiger partial charge in [-0.2, -0.15) is 0 Å². The van der Waals surface area contributed by atoms with Crippen LogP contribution in [0.1, 0.15) is 26.3 Å². The third-order valence-corrected chi connectivity index (χ3v) is 10.3. The summed E-state index contributed by atoms with van der Waals surface area (Å²) in [5.74, 6) is 0. The van der Waals surface area contributed by atoms with Crippen LogP contribution in [0.15, 0.2) is 91.0 Å². The molecule has 0 saturated heterocycles. The Morgan fingerprint density at radius 2 is 1.20 bits per heavy atom. The summed E-state index contributed by atoms with van der Waals surface area (Å²) in [6, 6.07) is 30.9. The number of aliphatic hydroxyl groups excluding tert-OH is 1. The molecule has 3 rings (SSSR count). The van der Waals surface area contributed by atoms with Gasteiger partial charge in [0.25, 0.3) is 8.32 Å². The predicted molar refractivity (Wildman–Crippen MR) is 126 cm³/mol. The molecule has 30 heavy (non-hydrogen) atoms. The van der Waals surface area contributed by atoms with Gasteiger partial charge in [0.2, 0.25) is 0 Å². The fraction of sp³-hybridized carbons (Fsp3) is 0.308. The van der Waals surface area contributed by atoms with E-state index in [0.717, 1.165) is 5.56 Å². The van der Waals surface area contributed by atoms with Crippen molar-refractivity contribution in [2.75, 3.05) is 13.2 Å². The van der Waals surface area contributed by atoms with E-state index < -0.39 is 14.4 Å². The number of rotatable bonds is 9. The number of benzene rings is 3. The van der Waals surface area contributed by atoms with Gasteiger partial charge in [0.15, 0.2) is 0 Å². The van der Waals surface area contributed by atoms with Crippen molar-refractivity contribution in [3.63, 3.8) is 0 Å². The number of hydrogen-bond acceptors (Lipinski definition) is 3. The standard InChI is InChI=1S/C26H32O3Si/c1-26(2,3)30(24-15-9-5-10-16-24,25-17-11-6-12-18-25)29-21-23(27)20-28-19-22-13-7-4-8-14-22/h4-18,23,27H,19-21H2,1-3H3/t23-/m1/s1. The van der Waals surface area contributed by atoms with Crippen molar-refractivity contribution in [2.24, 2.45) is 0 Å². The SMILES string of the molecule is CC(C)(C)[Si](OC[C@H](O)COCc1ccccc1)(c1ccccc1)c1ccccc1. The van der Waals surface area contributed by atoms with Crippen LogP contribution >= 0.6 is 0 Å². The Labute approximate surface area is 181 Å². The first-order valence-corrected chi connectivity index (χ1v) is 12.4. The molecule has 0 aliphatic rings. The molecule has 0 radical (unpaired) electrons. The van der Waals surface area contributed by atoms with E-state index in [1.54, 1.807) is 0 Å². The van der Waals surface area contributed by atoms with Crippen LogP contribution in [0.4, 0.5) is 0 Å². The second kappa shape index (κ2) is 10.2. The second-order valence-corrected chi connectivity index (χ2v) is 12.9. The second-order valence-electron chi connectivity index (χ2n) is 8.63. The molecule has 3 aromatic carbocycles. The molecule has 3 nitrogen and oxygen atoms in total. The quantitative estimate of drug-likeness (QED) is 0.529. The van der Waals surface area contributed by atoms with Crippen molar-refractivity contribution in [1.29, 1.82) is 0 Å². The molecule has 158 valence electrons. The van der Waals surface area contributed by atoms with Crippen molar-refractivity contribution in [1.82, 2.24) is 0 Å². The van der Waals surface area contributed by atoms with E-state index in [1.165, 1.54) is 10.4 Å². The summed E-state index contributed by atoms with van der Waals surface area (Å²) in [7, 11) is -2.63. The first kappa shape index (κ1) is 22.4. The lowest BCUT2D eigenvalue weighted by molar-refractivity contribution is 0.00354. The van der Waals surface area contributed by atoms with Crippen molar-refractivity contribution >= 4 is 18.7 Å². The minimum Gasteiger partial charge on any atom is -0.405 e. The van der Waals surface area contributed by atoms with Gasteiger partial charge in [-0.1, -0.05) is 112 Å². The largest absolute Gasteiger partial charge is 0.405 e. The number of ether oxygens (including phenoxy) is 1. The third kappa shape index (κ3) is 5.27. The highest BCUT2D eigenvalue weighted by Crippen LogP contribution is 2.36. The zero-order valence-corrected chi connectivity index (χ0v) is 19.1. The van der Waals surface area contributed by atoms with Crippen LogP contribution in [0.2, 0.25) is 5.04 Å². The van der Waals surface area contributed by atoms with E-state index in [9.17, 15) is 5.11 Å². The molecule has 0 spiro atoms. The first-order valence-electron chi connectivity index (χ1n) is 10.5. The Morgan fingerprint density at radius 3 is 1.67 bits per heavy atom. The zero-order valence-electron chi connectivity index (χ0n) is 18.1. The summed E-state index contributed by atoms with van der Waals surface area (Å²) in [5, 5.41) is 12.9. The molecule has 0 heterocycles. The lowest BCUT2D eigenvalue weighted by atomic mass is 10.2. The van der Waals surface area contributed by atoms with Crippen molar-refractivity contribution in [3.8, 4) is 0 Å². The molecule has 1 atom stereocenters. The summed E-state index contributed by atoms with van der Waals surface area (Å²) in [6.45, 7) is 7.67. The van der Waals surface area contributed by atoms with Crippen molar-refractivity contribution < 1.29 is 14.3 Å². The van der Waals surface area contributed by atoms with Crippen LogP contribution in [-0.2, 0) is 15.8 Å².